The quantitative estimate of drug-likeness (QED) is 0.729. The predicted octanol–water partition coefficient (Wildman–Crippen LogP) is 0.870. The Bertz CT molecular complexity index is 182. The number of β-amino-alcohol motifs (C(OH)–C–C–N with tert-alkyl or cyclic N) is 1. The first-order valence-electron chi connectivity index (χ1n) is 5.63. The molecule has 2 aliphatic rings. The van der Waals surface area contributed by atoms with Crippen molar-refractivity contribution in [1.29, 1.82) is 0 Å². The van der Waals surface area contributed by atoms with Gasteiger partial charge in [-0.2, -0.15) is 0 Å². The molecule has 0 aromatic carbocycles. The number of hydrogen-bond donors (Lipinski definition) is 1. The van der Waals surface area contributed by atoms with Crippen LogP contribution in [0.4, 0.5) is 0 Å². The molecule has 0 bridgehead atoms. The Hall–Kier alpha value is -0.120. The maximum atomic E-state index is 9.55. The van der Waals surface area contributed by atoms with Crippen LogP contribution in [-0.4, -0.2) is 49.5 Å². The van der Waals surface area contributed by atoms with Crippen molar-refractivity contribution in [2.45, 2.75) is 31.8 Å². The van der Waals surface area contributed by atoms with Crippen LogP contribution in [0.5, 0.6) is 0 Å². The van der Waals surface area contributed by atoms with E-state index in [-0.39, 0.29) is 6.10 Å². The zero-order valence-corrected chi connectivity index (χ0v) is 9.04. The fourth-order valence-corrected chi connectivity index (χ4v) is 3.02. The van der Waals surface area contributed by atoms with E-state index in [0.717, 1.165) is 6.54 Å². The highest BCUT2D eigenvalue weighted by Gasteiger charge is 2.44. The van der Waals surface area contributed by atoms with Gasteiger partial charge in [0, 0.05) is 26.7 Å². The van der Waals surface area contributed by atoms with Crippen LogP contribution >= 0.6 is 0 Å². The van der Waals surface area contributed by atoms with Crippen molar-refractivity contribution < 1.29 is 9.84 Å². The number of methoxy groups -OCH3 is 1. The minimum atomic E-state index is -0.307. The predicted molar refractivity (Wildman–Crippen MR) is 55.2 cm³/mol. The highest BCUT2D eigenvalue weighted by molar-refractivity contribution is 4.98. The Balaban J connectivity index is 1.67. The summed E-state index contributed by atoms with van der Waals surface area (Å²) in [7, 11) is 1.64. The van der Waals surface area contributed by atoms with Gasteiger partial charge in [0.1, 0.15) is 0 Å². The lowest BCUT2D eigenvalue weighted by atomic mass is 9.78. The molecule has 1 saturated carbocycles. The largest absolute Gasteiger partial charge is 0.389 e. The minimum absolute atomic E-state index is 0.307. The first-order valence-corrected chi connectivity index (χ1v) is 5.63. The van der Waals surface area contributed by atoms with Crippen LogP contribution in [0.15, 0.2) is 0 Å². The smallest absolute Gasteiger partial charge is 0.0900 e. The topological polar surface area (TPSA) is 32.7 Å². The lowest BCUT2D eigenvalue weighted by Gasteiger charge is -2.49. The van der Waals surface area contributed by atoms with E-state index in [4.69, 9.17) is 4.74 Å². The number of likely N-dealkylation sites (tertiary alicyclic amines) is 1. The maximum absolute atomic E-state index is 9.55. The zero-order valence-electron chi connectivity index (χ0n) is 9.04. The molecule has 0 aromatic rings. The van der Waals surface area contributed by atoms with E-state index >= 15 is 0 Å². The fraction of sp³-hybridized carbons (Fsp3) is 1.00. The van der Waals surface area contributed by atoms with Gasteiger partial charge in [0.2, 0.25) is 0 Å². The third kappa shape index (κ3) is 2.10. The fourth-order valence-electron chi connectivity index (χ4n) is 3.02. The molecule has 1 atom stereocenters. The number of rotatable bonds is 4. The van der Waals surface area contributed by atoms with E-state index < -0.39 is 0 Å². The normalized spacial score (nSPS) is 27.9. The molecule has 14 heavy (non-hydrogen) atoms. The van der Waals surface area contributed by atoms with Crippen molar-refractivity contribution in [1.82, 2.24) is 4.90 Å². The van der Waals surface area contributed by atoms with Crippen LogP contribution < -0.4 is 0 Å². The van der Waals surface area contributed by atoms with Crippen molar-refractivity contribution >= 4 is 0 Å². The van der Waals surface area contributed by atoms with Crippen LogP contribution in [0.25, 0.3) is 0 Å². The first-order chi connectivity index (χ1) is 6.74. The summed E-state index contributed by atoms with van der Waals surface area (Å²) in [6.45, 7) is 3.65. The van der Waals surface area contributed by atoms with Gasteiger partial charge in [-0.3, -0.25) is 4.90 Å². The monoisotopic (exact) mass is 199 g/mol. The lowest BCUT2D eigenvalue weighted by Crippen LogP contribution is -2.57. The van der Waals surface area contributed by atoms with Gasteiger partial charge in [-0.15, -0.1) is 0 Å². The molecule has 1 saturated heterocycles. The second-order valence-electron chi connectivity index (χ2n) is 4.99. The van der Waals surface area contributed by atoms with Crippen molar-refractivity contribution in [3.05, 3.63) is 0 Å². The molecular weight excluding hydrogens is 178 g/mol. The van der Waals surface area contributed by atoms with Gasteiger partial charge in [0.15, 0.2) is 0 Å². The van der Waals surface area contributed by atoms with Crippen LogP contribution in [0.2, 0.25) is 0 Å². The molecule has 0 amide bonds. The summed E-state index contributed by atoms with van der Waals surface area (Å²) < 4.78 is 4.91. The van der Waals surface area contributed by atoms with Crippen molar-refractivity contribution in [2.75, 3.05) is 33.4 Å². The molecule has 1 N–H and O–H groups in total. The molecule has 2 rings (SSSR count). The van der Waals surface area contributed by atoms with Crippen molar-refractivity contribution in [2.24, 2.45) is 5.41 Å². The molecule has 1 aliphatic heterocycles. The molecule has 0 radical (unpaired) electrons. The van der Waals surface area contributed by atoms with Gasteiger partial charge in [-0.25, -0.2) is 0 Å². The third-order valence-electron chi connectivity index (χ3n) is 3.61. The van der Waals surface area contributed by atoms with Crippen LogP contribution in [0.1, 0.15) is 25.7 Å². The van der Waals surface area contributed by atoms with Gasteiger partial charge in [-0.05, 0) is 18.3 Å². The number of hydrogen-bond acceptors (Lipinski definition) is 3. The van der Waals surface area contributed by atoms with Crippen LogP contribution in [-0.2, 0) is 4.74 Å². The van der Waals surface area contributed by atoms with E-state index in [2.05, 4.69) is 4.90 Å². The molecule has 0 aromatic heterocycles. The summed E-state index contributed by atoms with van der Waals surface area (Å²) in [5.41, 5.74) is 0.646. The summed E-state index contributed by atoms with van der Waals surface area (Å²) in [5.74, 6) is 0. The first kappa shape index (κ1) is 10.4. The van der Waals surface area contributed by atoms with E-state index in [9.17, 15) is 5.11 Å². The standard InChI is InChI=1S/C11H21NO2/c1-14-7-10(13)6-12-8-11(9-12)4-2-3-5-11/h10,13H,2-9H2,1H3. The Morgan fingerprint density at radius 1 is 1.36 bits per heavy atom. The summed E-state index contributed by atoms with van der Waals surface area (Å²) in [6.07, 6.45) is 5.33. The Morgan fingerprint density at radius 2 is 2.00 bits per heavy atom. The van der Waals surface area contributed by atoms with Gasteiger partial charge >= 0.3 is 0 Å². The van der Waals surface area contributed by atoms with Gasteiger partial charge in [0.25, 0.3) is 0 Å². The molecule has 82 valence electrons. The van der Waals surface area contributed by atoms with Gasteiger partial charge in [-0.1, -0.05) is 12.8 Å². The van der Waals surface area contributed by atoms with Crippen molar-refractivity contribution in [3.63, 3.8) is 0 Å². The number of aliphatic hydroxyl groups is 1. The minimum Gasteiger partial charge on any atom is -0.389 e. The summed E-state index contributed by atoms with van der Waals surface area (Å²) in [5, 5.41) is 9.55. The van der Waals surface area contributed by atoms with E-state index in [0.29, 0.717) is 12.0 Å². The van der Waals surface area contributed by atoms with E-state index in [1.807, 2.05) is 0 Å². The maximum Gasteiger partial charge on any atom is 0.0900 e. The number of ether oxygens (including phenoxy) is 1. The molecular formula is C11H21NO2. The van der Waals surface area contributed by atoms with E-state index in [1.54, 1.807) is 7.11 Å². The highest BCUT2D eigenvalue weighted by atomic mass is 16.5. The Labute approximate surface area is 86.0 Å². The molecule has 2 fully saturated rings. The Kier molecular flexibility index (Phi) is 3.10. The van der Waals surface area contributed by atoms with Crippen molar-refractivity contribution in [3.8, 4) is 0 Å². The molecule has 1 heterocycles. The van der Waals surface area contributed by atoms with Gasteiger partial charge < -0.3 is 9.84 Å². The molecule has 3 heteroatoms. The third-order valence-corrected chi connectivity index (χ3v) is 3.61. The SMILES string of the molecule is COCC(O)CN1CC2(CCCC2)C1. The average molecular weight is 199 g/mol. The second kappa shape index (κ2) is 4.17. The summed E-state index contributed by atoms with van der Waals surface area (Å²) in [4.78, 5) is 2.36. The second-order valence-corrected chi connectivity index (χ2v) is 4.99. The van der Waals surface area contributed by atoms with E-state index in [1.165, 1.54) is 38.8 Å². The zero-order chi connectivity index (χ0) is 10.0. The van der Waals surface area contributed by atoms with Gasteiger partial charge in [0.05, 0.1) is 12.7 Å². The molecule has 3 nitrogen and oxygen atoms in total. The average Bonchev–Trinajstić information content (AvgIpc) is 2.52. The summed E-state index contributed by atoms with van der Waals surface area (Å²) >= 11 is 0. The van der Waals surface area contributed by atoms with Crippen LogP contribution in [0, 0.1) is 5.41 Å². The highest BCUT2D eigenvalue weighted by Crippen LogP contribution is 2.45. The number of aliphatic hydroxyl groups excluding tert-OH is 1. The molecule has 1 unspecified atom stereocenters. The lowest BCUT2D eigenvalue weighted by molar-refractivity contribution is -0.0392. The number of nitrogens with zero attached hydrogens (tertiary/aromatic N) is 1. The van der Waals surface area contributed by atoms with Crippen LogP contribution in [0.3, 0.4) is 0 Å². The molecule has 1 aliphatic carbocycles. The summed E-state index contributed by atoms with van der Waals surface area (Å²) in [6, 6.07) is 0. The Morgan fingerprint density at radius 3 is 2.57 bits per heavy atom. The molecule has 1 spiro atoms.